The van der Waals surface area contributed by atoms with Crippen molar-refractivity contribution in [1.82, 2.24) is 26.0 Å². The van der Waals surface area contributed by atoms with Crippen LogP contribution in [0, 0.1) is 5.82 Å². The topological polar surface area (TPSA) is 112 Å². The number of amides is 2. The fourth-order valence-corrected chi connectivity index (χ4v) is 2.82. The van der Waals surface area contributed by atoms with E-state index in [9.17, 15) is 14.0 Å². The molecule has 2 aromatic heterocycles. The van der Waals surface area contributed by atoms with Gasteiger partial charge in [-0.2, -0.15) is 5.10 Å². The number of nitrogens with one attached hydrogen (secondary N) is 4. The number of hydrogen-bond acceptors (Lipinski definition) is 4. The molecule has 0 aliphatic heterocycles. The molecule has 0 aliphatic rings. The zero-order valence-corrected chi connectivity index (χ0v) is 15.2. The summed E-state index contributed by atoms with van der Waals surface area (Å²) < 4.78 is 18.4. The molecule has 0 fully saturated rings. The Hall–Kier alpha value is -4.14. The van der Waals surface area contributed by atoms with Gasteiger partial charge in [0.05, 0.1) is 12.8 Å². The molecule has 0 aliphatic carbocycles. The van der Waals surface area contributed by atoms with Gasteiger partial charge in [0, 0.05) is 16.5 Å². The average Bonchev–Trinajstić information content (AvgIpc) is 3.39. The van der Waals surface area contributed by atoms with E-state index in [4.69, 9.17) is 4.74 Å². The second-order valence-electron chi connectivity index (χ2n) is 6.22. The number of aromatic nitrogens is 3. The molecule has 9 heteroatoms. The van der Waals surface area contributed by atoms with Gasteiger partial charge in [0.25, 0.3) is 11.8 Å². The quantitative estimate of drug-likeness (QED) is 0.400. The lowest BCUT2D eigenvalue weighted by molar-refractivity contribution is 0.0841. The SMILES string of the molecule is COc1ccc(-c2cc(C(=O)NNC(=O)c3cc4cc(F)ccc4[nH]3)[nH]n2)cc1. The second kappa shape index (κ2) is 7.47. The third kappa shape index (κ3) is 3.79. The van der Waals surface area contributed by atoms with Crippen LogP contribution in [0.2, 0.25) is 0 Å². The largest absolute Gasteiger partial charge is 0.497 e. The molecule has 29 heavy (non-hydrogen) atoms. The van der Waals surface area contributed by atoms with Crippen molar-refractivity contribution in [1.29, 1.82) is 0 Å². The molecule has 146 valence electrons. The summed E-state index contributed by atoms with van der Waals surface area (Å²) in [5, 5.41) is 7.29. The number of H-pyrrole nitrogens is 2. The summed E-state index contributed by atoms with van der Waals surface area (Å²) in [6.07, 6.45) is 0. The van der Waals surface area contributed by atoms with Gasteiger partial charge in [-0.05, 0) is 54.6 Å². The van der Waals surface area contributed by atoms with Gasteiger partial charge in [-0.15, -0.1) is 0 Å². The van der Waals surface area contributed by atoms with Crippen molar-refractivity contribution in [3.8, 4) is 17.0 Å². The number of rotatable bonds is 4. The fourth-order valence-electron chi connectivity index (χ4n) is 2.82. The number of nitrogens with zero attached hydrogens (tertiary/aromatic N) is 1. The van der Waals surface area contributed by atoms with Gasteiger partial charge in [-0.1, -0.05) is 0 Å². The third-order valence-electron chi connectivity index (χ3n) is 4.33. The Balaban J connectivity index is 1.41. The van der Waals surface area contributed by atoms with Gasteiger partial charge in [-0.25, -0.2) is 4.39 Å². The molecule has 0 saturated heterocycles. The maximum absolute atomic E-state index is 13.3. The fraction of sp³-hybridized carbons (Fsp3) is 0.0500. The van der Waals surface area contributed by atoms with E-state index in [0.717, 1.165) is 5.56 Å². The van der Waals surface area contributed by atoms with Crippen LogP contribution >= 0.6 is 0 Å². The van der Waals surface area contributed by atoms with Crippen LogP contribution in [-0.4, -0.2) is 34.1 Å². The van der Waals surface area contributed by atoms with E-state index in [1.165, 1.54) is 24.3 Å². The highest BCUT2D eigenvalue weighted by atomic mass is 19.1. The minimum atomic E-state index is -0.565. The first-order chi connectivity index (χ1) is 14.0. The van der Waals surface area contributed by atoms with Crippen LogP contribution in [0.4, 0.5) is 4.39 Å². The lowest BCUT2D eigenvalue weighted by Crippen LogP contribution is -2.41. The summed E-state index contributed by atoms with van der Waals surface area (Å²) in [6.45, 7) is 0. The van der Waals surface area contributed by atoms with Crippen LogP contribution in [-0.2, 0) is 0 Å². The maximum Gasteiger partial charge on any atom is 0.287 e. The Kier molecular flexibility index (Phi) is 4.70. The highest BCUT2D eigenvalue weighted by Gasteiger charge is 2.14. The maximum atomic E-state index is 13.3. The van der Waals surface area contributed by atoms with Crippen molar-refractivity contribution >= 4 is 22.7 Å². The minimum absolute atomic E-state index is 0.176. The lowest BCUT2D eigenvalue weighted by Gasteiger charge is -2.04. The number of ether oxygens (including phenoxy) is 1. The first-order valence-electron chi connectivity index (χ1n) is 8.62. The minimum Gasteiger partial charge on any atom is -0.497 e. The summed E-state index contributed by atoms with van der Waals surface area (Å²) in [5.41, 5.74) is 6.97. The number of aromatic amines is 2. The first-order valence-corrected chi connectivity index (χ1v) is 8.62. The smallest absolute Gasteiger partial charge is 0.287 e. The molecular formula is C20H16FN5O3. The van der Waals surface area contributed by atoms with Gasteiger partial charge >= 0.3 is 0 Å². The van der Waals surface area contributed by atoms with Gasteiger partial charge in [0.2, 0.25) is 0 Å². The Labute approximate surface area is 164 Å². The highest BCUT2D eigenvalue weighted by molar-refractivity contribution is 6.00. The summed E-state index contributed by atoms with van der Waals surface area (Å²) in [6, 6.07) is 14.4. The Morgan fingerprint density at radius 2 is 1.69 bits per heavy atom. The van der Waals surface area contributed by atoms with Gasteiger partial charge in [0.1, 0.15) is 23.0 Å². The van der Waals surface area contributed by atoms with Crippen LogP contribution in [0.1, 0.15) is 21.0 Å². The zero-order valence-electron chi connectivity index (χ0n) is 15.2. The van der Waals surface area contributed by atoms with E-state index in [2.05, 4.69) is 26.0 Å². The monoisotopic (exact) mass is 393 g/mol. The van der Waals surface area contributed by atoms with Crippen molar-refractivity contribution < 1.29 is 18.7 Å². The number of carbonyl (C=O) groups is 2. The summed E-state index contributed by atoms with van der Waals surface area (Å²) >= 11 is 0. The Morgan fingerprint density at radius 3 is 2.41 bits per heavy atom. The number of benzene rings is 2. The average molecular weight is 393 g/mol. The molecule has 0 radical (unpaired) electrons. The number of carbonyl (C=O) groups excluding carboxylic acids is 2. The van der Waals surface area contributed by atoms with E-state index in [-0.39, 0.29) is 11.4 Å². The molecule has 2 amide bonds. The van der Waals surface area contributed by atoms with Crippen molar-refractivity contribution in [3.63, 3.8) is 0 Å². The van der Waals surface area contributed by atoms with Crippen LogP contribution in [0.15, 0.2) is 54.6 Å². The van der Waals surface area contributed by atoms with Crippen LogP contribution in [0.3, 0.4) is 0 Å². The number of hydrogen-bond donors (Lipinski definition) is 4. The van der Waals surface area contributed by atoms with Crippen molar-refractivity contribution in [3.05, 3.63) is 71.8 Å². The van der Waals surface area contributed by atoms with Gasteiger partial charge in [0.15, 0.2) is 0 Å². The van der Waals surface area contributed by atoms with Crippen molar-refractivity contribution in [2.75, 3.05) is 7.11 Å². The Bertz CT molecular complexity index is 1200. The standard InChI is InChI=1S/C20H16FN5O3/c1-29-14-5-2-11(3-6-14)16-10-18(24-23-16)20(28)26-25-19(27)17-9-12-8-13(21)4-7-15(12)22-17/h2-10,22H,1H3,(H,23,24)(H,25,27)(H,26,28). The van der Waals surface area contributed by atoms with Crippen molar-refractivity contribution in [2.24, 2.45) is 0 Å². The number of halogens is 1. The molecule has 0 bridgehead atoms. The van der Waals surface area contributed by atoms with Crippen LogP contribution in [0.5, 0.6) is 5.75 Å². The number of fused-ring (bicyclic) bond motifs is 1. The molecule has 4 aromatic rings. The highest BCUT2D eigenvalue weighted by Crippen LogP contribution is 2.21. The Morgan fingerprint density at radius 1 is 0.966 bits per heavy atom. The summed E-state index contributed by atoms with van der Waals surface area (Å²) in [7, 11) is 1.58. The van der Waals surface area contributed by atoms with Crippen LogP contribution in [0.25, 0.3) is 22.2 Å². The van der Waals surface area contributed by atoms with Crippen molar-refractivity contribution in [2.45, 2.75) is 0 Å². The number of methoxy groups -OCH3 is 1. The molecule has 8 nitrogen and oxygen atoms in total. The molecule has 2 aromatic carbocycles. The predicted octanol–water partition coefficient (Wildman–Crippen LogP) is 2.78. The van der Waals surface area contributed by atoms with E-state index in [1.807, 2.05) is 12.1 Å². The van der Waals surface area contributed by atoms with E-state index in [1.54, 1.807) is 25.3 Å². The zero-order chi connectivity index (χ0) is 20.4. The molecule has 4 rings (SSSR count). The number of hydrazine groups is 1. The van der Waals surface area contributed by atoms with Crippen LogP contribution < -0.4 is 15.6 Å². The third-order valence-corrected chi connectivity index (χ3v) is 4.33. The second-order valence-corrected chi connectivity index (χ2v) is 6.22. The van der Waals surface area contributed by atoms with E-state index in [0.29, 0.717) is 22.3 Å². The normalized spacial score (nSPS) is 10.7. The van der Waals surface area contributed by atoms with E-state index >= 15 is 0 Å². The molecule has 4 N–H and O–H groups in total. The lowest BCUT2D eigenvalue weighted by atomic mass is 10.1. The molecule has 0 atom stereocenters. The van der Waals surface area contributed by atoms with Gasteiger partial charge in [-0.3, -0.25) is 25.5 Å². The molecule has 2 heterocycles. The molecule has 0 spiro atoms. The van der Waals surface area contributed by atoms with E-state index < -0.39 is 17.6 Å². The summed E-state index contributed by atoms with van der Waals surface area (Å²) in [4.78, 5) is 27.4. The molecule has 0 saturated carbocycles. The molecular weight excluding hydrogens is 377 g/mol. The summed E-state index contributed by atoms with van der Waals surface area (Å²) in [5.74, 6) is -0.814. The molecule has 0 unspecified atom stereocenters. The predicted molar refractivity (Wildman–Crippen MR) is 104 cm³/mol. The van der Waals surface area contributed by atoms with Gasteiger partial charge < -0.3 is 9.72 Å². The first kappa shape index (κ1) is 18.2.